The van der Waals surface area contributed by atoms with Crippen LogP contribution in [0.3, 0.4) is 0 Å². The molecule has 1 aromatic heterocycles. The number of carbonyl (C=O) groups excluding carboxylic acids is 1. The van der Waals surface area contributed by atoms with Crippen LogP contribution in [0.25, 0.3) is 10.2 Å². The van der Waals surface area contributed by atoms with Crippen molar-refractivity contribution in [2.24, 2.45) is 0 Å². The zero-order valence-electron chi connectivity index (χ0n) is 11.4. The number of nitrogens with one attached hydrogen (secondary N) is 2. The monoisotopic (exact) mass is 323 g/mol. The second kappa shape index (κ2) is 6.22. The highest BCUT2D eigenvalue weighted by atomic mass is 32.1. The van der Waals surface area contributed by atoms with Crippen LogP contribution in [0.4, 0.5) is 15.6 Å². The Labute approximate surface area is 129 Å². The highest BCUT2D eigenvalue weighted by molar-refractivity contribution is 7.22. The first kappa shape index (κ1) is 14.6. The Balaban J connectivity index is 1.67. The number of anilines is 1. The lowest BCUT2D eigenvalue weighted by Gasteiger charge is -2.26. The van der Waals surface area contributed by atoms with Gasteiger partial charge >= 0.3 is 6.03 Å². The summed E-state index contributed by atoms with van der Waals surface area (Å²) in [7, 11) is 0. The molecule has 1 saturated heterocycles. The second-order valence-corrected chi connectivity index (χ2v) is 5.62. The Morgan fingerprint density at radius 1 is 1.41 bits per heavy atom. The van der Waals surface area contributed by atoms with E-state index in [1.165, 1.54) is 23.5 Å². The molecule has 0 spiro atoms. The number of non-ortho nitro benzene ring substituents is 1. The number of thiazole rings is 1. The Hall–Kier alpha value is -2.30. The molecule has 3 rings (SSSR count). The van der Waals surface area contributed by atoms with Crippen LogP contribution in [-0.4, -0.2) is 47.3 Å². The minimum absolute atomic E-state index is 0.000434. The number of ether oxygens (including phenoxy) is 1. The summed E-state index contributed by atoms with van der Waals surface area (Å²) in [5, 5.41) is 15.5. The van der Waals surface area contributed by atoms with E-state index in [-0.39, 0.29) is 5.69 Å². The van der Waals surface area contributed by atoms with Crippen LogP contribution in [0.1, 0.15) is 0 Å². The minimum Gasteiger partial charge on any atom is -0.379 e. The largest absolute Gasteiger partial charge is 0.379 e. The molecule has 0 radical (unpaired) electrons. The summed E-state index contributed by atoms with van der Waals surface area (Å²) < 4.78 is 5.84. The smallest absolute Gasteiger partial charge is 0.335 e. The fourth-order valence-electron chi connectivity index (χ4n) is 2.02. The Morgan fingerprint density at radius 2 is 2.18 bits per heavy atom. The van der Waals surface area contributed by atoms with Crippen molar-refractivity contribution in [3.8, 4) is 0 Å². The Kier molecular flexibility index (Phi) is 4.13. The van der Waals surface area contributed by atoms with Gasteiger partial charge in [0.15, 0.2) is 5.13 Å². The number of aromatic nitrogens is 1. The number of nitrogens with zero attached hydrogens (tertiary/aromatic N) is 3. The van der Waals surface area contributed by atoms with E-state index in [0.717, 1.165) is 0 Å². The van der Waals surface area contributed by atoms with Gasteiger partial charge in [0.25, 0.3) is 5.69 Å². The first-order valence-electron chi connectivity index (χ1n) is 6.57. The number of benzene rings is 1. The number of rotatable bonds is 3. The van der Waals surface area contributed by atoms with Crippen molar-refractivity contribution in [2.45, 2.75) is 0 Å². The zero-order chi connectivity index (χ0) is 15.5. The predicted octanol–water partition coefficient (Wildman–Crippen LogP) is 1.57. The van der Waals surface area contributed by atoms with Crippen molar-refractivity contribution in [1.82, 2.24) is 15.4 Å². The Morgan fingerprint density at radius 3 is 2.91 bits per heavy atom. The van der Waals surface area contributed by atoms with Crippen molar-refractivity contribution in [3.05, 3.63) is 28.3 Å². The van der Waals surface area contributed by atoms with Gasteiger partial charge in [-0.1, -0.05) is 11.3 Å². The normalized spacial score (nSPS) is 15.6. The molecule has 0 unspecified atom stereocenters. The fraction of sp³-hybridized carbons (Fsp3) is 0.333. The number of hydrazine groups is 1. The maximum atomic E-state index is 11.9. The van der Waals surface area contributed by atoms with E-state index < -0.39 is 11.0 Å². The number of carbonyl (C=O) groups is 1. The summed E-state index contributed by atoms with van der Waals surface area (Å²) >= 11 is 1.19. The van der Waals surface area contributed by atoms with Crippen molar-refractivity contribution >= 4 is 38.4 Å². The maximum Gasteiger partial charge on any atom is 0.335 e. The molecule has 0 aliphatic carbocycles. The van der Waals surface area contributed by atoms with E-state index in [9.17, 15) is 14.9 Å². The second-order valence-electron chi connectivity index (χ2n) is 4.59. The van der Waals surface area contributed by atoms with Gasteiger partial charge in [0, 0.05) is 25.2 Å². The number of nitro groups is 1. The van der Waals surface area contributed by atoms with Crippen LogP contribution in [0.15, 0.2) is 18.2 Å². The molecule has 2 amide bonds. The lowest BCUT2D eigenvalue weighted by atomic mass is 10.3. The van der Waals surface area contributed by atoms with E-state index in [2.05, 4.69) is 15.7 Å². The van der Waals surface area contributed by atoms with Gasteiger partial charge in [0.05, 0.1) is 28.4 Å². The molecule has 116 valence electrons. The lowest BCUT2D eigenvalue weighted by Crippen LogP contribution is -2.49. The fourth-order valence-corrected chi connectivity index (χ4v) is 2.92. The summed E-state index contributed by atoms with van der Waals surface area (Å²) in [5.41, 5.74) is 3.31. The topological polar surface area (TPSA) is 110 Å². The van der Waals surface area contributed by atoms with Crippen molar-refractivity contribution in [2.75, 3.05) is 31.6 Å². The third-order valence-electron chi connectivity index (χ3n) is 3.07. The van der Waals surface area contributed by atoms with Crippen LogP contribution < -0.4 is 10.7 Å². The van der Waals surface area contributed by atoms with Crippen LogP contribution in [0, 0.1) is 10.1 Å². The minimum atomic E-state index is -0.461. The number of fused-ring (bicyclic) bond motifs is 1. The SMILES string of the molecule is O=C(Nc1nc2ccc([N+](=O)[O-])cc2s1)NN1CCOCC1. The van der Waals surface area contributed by atoms with Gasteiger partial charge in [0.1, 0.15) is 0 Å². The number of hydrogen-bond acceptors (Lipinski definition) is 7. The maximum absolute atomic E-state index is 11.9. The van der Waals surface area contributed by atoms with Crippen LogP contribution >= 0.6 is 11.3 Å². The van der Waals surface area contributed by atoms with E-state index in [4.69, 9.17) is 4.74 Å². The standard InChI is InChI=1S/C12H13N5O4S/c18-11(15-16-3-5-21-6-4-16)14-12-13-9-2-1-8(17(19)20)7-10(9)22-12/h1-2,7H,3-6H2,(H2,13,14,15,18). The van der Waals surface area contributed by atoms with Crippen LogP contribution in [-0.2, 0) is 4.74 Å². The van der Waals surface area contributed by atoms with Gasteiger partial charge in [-0.3, -0.25) is 20.9 Å². The molecule has 2 heterocycles. The molecular weight excluding hydrogens is 310 g/mol. The molecule has 2 N–H and O–H groups in total. The molecular formula is C12H13N5O4S. The molecule has 0 bridgehead atoms. The van der Waals surface area contributed by atoms with Crippen LogP contribution in [0.5, 0.6) is 0 Å². The molecule has 1 fully saturated rings. The summed E-state index contributed by atoms with van der Waals surface area (Å²) in [6.45, 7) is 2.40. The molecule has 0 saturated carbocycles. The van der Waals surface area contributed by atoms with Gasteiger partial charge in [-0.25, -0.2) is 14.8 Å². The average Bonchev–Trinajstić information content (AvgIpc) is 2.89. The van der Waals surface area contributed by atoms with Gasteiger partial charge in [-0.05, 0) is 6.07 Å². The summed E-state index contributed by atoms with van der Waals surface area (Å²) in [6.07, 6.45) is 0. The quantitative estimate of drug-likeness (QED) is 0.655. The molecule has 1 aliphatic rings. The lowest BCUT2D eigenvalue weighted by molar-refractivity contribution is -0.384. The summed E-state index contributed by atoms with van der Waals surface area (Å²) in [5.74, 6) is 0. The van der Waals surface area contributed by atoms with Gasteiger partial charge in [-0.15, -0.1) is 0 Å². The predicted molar refractivity (Wildman–Crippen MR) is 80.8 cm³/mol. The molecule has 10 heteroatoms. The molecule has 0 atom stereocenters. The number of hydrogen-bond donors (Lipinski definition) is 2. The molecule has 1 aliphatic heterocycles. The third kappa shape index (κ3) is 3.30. The average molecular weight is 323 g/mol. The van der Waals surface area contributed by atoms with E-state index >= 15 is 0 Å². The zero-order valence-corrected chi connectivity index (χ0v) is 12.3. The van der Waals surface area contributed by atoms with E-state index in [1.807, 2.05) is 0 Å². The molecule has 9 nitrogen and oxygen atoms in total. The first-order valence-corrected chi connectivity index (χ1v) is 7.39. The van der Waals surface area contributed by atoms with Crippen molar-refractivity contribution in [1.29, 1.82) is 0 Å². The third-order valence-corrected chi connectivity index (χ3v) is 4.01. The molecule has 22 heavy (non-hydrogen) atoms. The van der Waals surface area contributed by atoms with E-state index in [1.54, 1.807) is 11.1 Å². The Bertz CT molecular complexity index is 713. The van der Waals surface area contributed by atoms with Gasteiger partial charge in [0.2, 0.25) is 0 Å². The van der Waals surface area contributed by atoms with Gasteiger partial charge < -0.3 is 4.74 Å². The first-order chi connectivity index (χ1) is 10.6. The van der Waals surface area contributed by atoms with Gasteiger partial charge in [-0.2, -0.15) is 0 Å². The van der Waals surface area contributed by atoms with Crippen molar-refractivity contribution < 1.29 is 14.5 Å². The van der Waals surface area contributed by atoms with Crippen molar-refractivity contribution in [3.63, 3.8) is 0 Å². The number of morpholine rings is 1. The summed E-state index contributed by atoms with van der Waals surface area (Å²) in [4.78, 5) is 26.4. The van der Waals surface area contributed by atoms with E-state index in [0.29, 0.717) is 41.7 Å². The number of nitro benzene ring substituents is 1. The summed E-state index contributed by atoms with van der Waals surface area (Å²) in [6, 6.07) is 4.00. The van der Waals surface area contributed by atoms with Crippen LogP contribution in [0.2, 0.25) is 0 Å². The molecule has 1 aromatic carbocycles. The highest BCUT2D eigenvalue weighted by Crippen LogP contribution is 2.28. The highest BCUT2D eigenvalue weighted by Gasteiger charge is 2.15. The molecule has 2 aromatic rings. The number of urea groups is 1. The number of amides is 2.